The van der Waals surface area contributed by atoms with Gasteiger partial charge in [-0.05, 0) is 24.1 Å². The highest BCUT2D eigenvalue weighted by Crippen LogP contribution is 2.13. The van der Waals surface area contributed by atoms with Crippen molar-refractivity contribution >= 4 is 11.6 Å². The van der Waals surface area contributed by atoms with Crippen molar-refractivity contribution in [2.45, 2.75) is 13.0 Å². The average molecular weight is 230 g/mol. The van der Waals surface area contributed by atoms with Crippen LogP contribution in [0.5, 0.6) is 0 Å². The van der Waals surface area contributed by atoms with E-state index in [4.69, 9.17) is 11.5 Å². The minimum absolute atomic E-state index is 0.0698. The van der Waals surface area contributed by atoms with Crippen molar-refractivity contribution in [1.29, 1.82) is 0 Å². The second kappa shape index (κ2) is 5.11. The first-order valence-electron chi connectivity index (χ1n) is 5.25. The highest BCUT2D eigenvalue weighted by Gasteiger charge is 1.96. The molecule has 4 N–H and O–H groups in total. The Morgan fingerprint density at radius 3 is 2.59 bits per heavy atom. The van der Waals surface area contributed by atoms with Gasteiger partial charge in [0, 0.05) is 6.54 Å². The Hall–Kier alpha value is -2.37. The Bertz CT molecular complexity index is 481. The van der Waals surface area contributed by atoms with Crippen LogP contribution in [-0.2, 0) is 13.0 Å². The van der Waals surface area contributed by atoms with E-state index in [0.717, 1.165) is 18.7 Å². The molecule has 0 spiro atoms. The summed E-state index contributed by atoms with van der Waals surface area (Å²) in [6, 6.07) is 7.77. The molecule has 1 aromatic carbocycles. The average Bonchev–Trinajstić information content (AvgIpc) is 2.80. The van der Waals surface area contributed by atoms with Crippen LogP contribution in [0.25, 0.3) is 0 Å². The summed E-state index contributed by atoms with van der Waals surface area (Å²) >= 11 is 0. The van der Waals surface area contributed by atoms with E-state index in [2.05, 4.69) is 15.1 Å². The first kappa shape index (κ1) is 11.1. The van der Waals surface area contributed by atoms with Crippen molar-refractivity contribution in [3.8, 4) is 0 Å². The van der Waals surface area contributed by atoms with Crippen LogP contribution in [0.4, 0.5) is 5.69 Å². The molecule has 0 atom stereocenters. The molecule has 0 bridgehead atoms. The second-order valence-corrected chi connectivity index (χ2v) is 3.61. The number of hydrogen-bond acceptors (Lipinski definition) is 3. The molecule has 0 unspecified atom stereocenters. The summed E-state index contributed by atoms with van der Waals surface area (Å²) in [5, 5.41) is 4.04. The van der Waals surface area contributed by atoms with Crippen LogP contribution >= 0.6 is 0 Å². The normalized spacial score (nSPS) is 10.1. The number of aromatic nitrogens is 3. The van der Waals surface area contributed by atoms with Gasteiger partial charge >= 0.3 is 0 Å². The molecule has 2 rings (SSSR count). The van der Waals surface area contributed by atoms with Crippen molar-refractivity contribution in [2.75, 3.05) is 0 Å². The van der Waals surface area contributed by atoms with Gasteiger partial charge in [-0.15, -0.1) is 0 Å². The second-order valence-electron chi connectivity index (χ2n) is 3.61. The molecule has 6 nitrogen and oxygen atoms in total. The first-order valence-corrected chi connectivity index (χ1v) is 5.25. The molecule has 0 radical (unpaired) electrons. The first-order chi connectivity index (χ1) is 8.24. The number of guanidine groups is 1. The predicted octanol–water partition coefficient (Wildman–Crippen LogP) is 0.426. The molecule has 0 saturated carbocycles. The van der Waals surface area contributed by atoms with Gasteiger partial charge in [0.15, 0.2) is 5.96 Å². The maximum atomic E-state index is 5.29. The molecule has 88 valence electrons. The minimum atomic E-state index is 0.0698. The maximum Gasteiger partial charge on any atom is 0.191 e. The molecule has 0 fully saturated rings. The predicted molar refractivity (Wildman–Crippen MR) is 65.6 cm³/mol. The Balaban J connectivity index is 1.96. The molecule has 6 heteroatoms. The topological polar surface area (TPSA) is 95.1 Å². The maximum absolute atomic E-state index is 5.29. The summed E-state index contributed by atoms with van der Waals surface area (Å²) in [7, 11) is 0. The summed E-state index contributed by atoms with van der Waals surface area (Å²) in [6.45, 7) is 0.807. The fourth-order valence-electron chi connectivity index (χ4n) is 1.48. The quantitative estimate of drug-likeness (QED) is 0.588. The lowest BCUT2D eigenvalue weighted by Crippen LogP contribution is -2.21. The number of nitrogens with two attached hydrogens (primary N) is 2. The monoisotopic (exact) mass is 230 g/mol. The fourth-order valence-corrected chi connectivity index (χ4v) is 1.48. The summed E-state index contributed by atoms with van der Waals surface area (Å²) < 4.78 is 1.80. The summed E-state index contributed by atoms with van der Waals surface area (Å²) in [6.07, 6.45) is 4.13. The van der Waals surface area contributed by atoms with E-state index < -0.39 is 0 Å². The number of aliphatic imine (C=N–C) groups is 1. The van der Waals surface area contributed by atoms with Crippen LogP contribution in [0, 0.1) is 0 Å². The largest absolute Gasteiger partial charge is 0.370 e. The number of aryl methyl sites for hydroxylation is 2. The van der Waals surface area contributed by atoms with Crippen molar-refractivity contribution in [2.24, 2.45) is 16.5 Å². The molecule has 2 aromatic rings. The molecule has 17 heavy (non-hydrogen) atoms. The van der Waals surface area contributed by atoms with Crippen LogP contribution in [0.3, 0.4) is 0 Å². The van der Waals surface area contributed by atoms with Crippen molar-refractivity contribution in [3.05, 3.63) is 42.5 Å². The molecule has 0 aliphatic carbocycles. The SMILES string of the molecule is NC(N)=Nc1ccc(CCn2cncn2)cc1. The zero-order valence-electron chi connectivity index (χ0n) is 9.32. The molecular formula is C11H14N6. The van der Waals surface area contributed by atoms with Gasteiger partial charge in [0.2, 0.25) is 0 Å². The van der Waals surface area contributed by atoms with Gasteiger partial charge in [0.05, 0.1) is 5.69 Å². The number of hydrogen-bond donors (Lipinski definition) is 2. The zero-order valence-corrected chi connectivity index (χ0v) is 9.32. The van der Waals surface area contributed by atoms with Crippen LogP contribution in [0.1, 0.15) is 5.56 Å². The third kappa shape index (κ3) is 3.30. The summed E-state index contributed by atoms with van der Waals surface area (Å²) in [5.41, 5.74) is 12.6. The van der Waals surface area contributed by atoms with Gasteiger partial charge in [-0.25, -0.2) is 9.98 Å². The van der Waals surface area contributed by atoms with E-state index in [1.165, 1.54) is 11.9 Å². The van der Waals surface area contributed by atoms with Gasteiger partial charge in [0.1, 0.15) is 12.7 Å². The Kier molecular flexibility index (Phi) is 3.34. The third-order valence-corrected chi connectivity index (χ3v) is 2.29. The van der Waals surface area contributed by atoms with Crippen LogP contribution in [0.15, 0.2) is 41.9 Å². The molecule has 0 amide bonds. The van der Waals surface area contributed by atoms with Crippen molar-refractivity contribution in [3.63, 3.8) is 0 Å². The molecule has 1 heterocycles. The molecule has 1 aromatic heterocycles. The lowest BCUT2D eigenvalue weighted by Gasteiger charge is -2.02. The smallest absolute Gasteiger partial charge is 0.191 e. The van der Waals surface area contributed by atoms with Crippen molar-refractivity contribution < 1.29 is 0 Å². The van der Waals surface area contributed by atoms with E-state index in [0.29, 0.717) is 0 Å². The standard InChI is InChI=1S/C11H14N6/c12-11(13)16-10-3-1-9(2-4-10)5-6-17-8-14-7-15-17/h1-4,7-8H,5-6H2,(H4,12,13,16). The fraction of sp³-hybridized carbons (Fsp3) is 0.182. The number of rotatable bonds is 4. The molecule has 0 aliphatic rings. The van der Waals surface area contributed by atoms with E-state index in [9.17, 15) is 0 Å². The van der Waals surface area contributed by atoms with E-state index in [1.807, 2.05) is 24.3 Å². The molecular weight excluding hydrogens is 216 g/mol. The van der Waals surface area contributed by atoms with Gasteiger partial charge < -0.3 is 11.5 Å². The Morgan fingerprint density at radius 1 is 1.24 bits per heavy atom. The number of benzene rings is 1. The minimum Gasteiger partial charge on any atom is -0.370 e. The van der Waals surface area contributed by atoms with Gasteiger partial charge in [0.25, 0.3) is 0 Å². The highest BCUT2D eigenvalue weighted by molar-refractivity contribution is 5.78. The summed E-state index contributed by atoms with van der Waals surface area (Å²) in [5.74, 6) is 0.0698. The highest BCUT2D eigenvalue weighted by atomic mass is 15.3. The summed E-state index contributed by atoms with van der Waals surface area (Å²) in [4.78, 5) is 7.84. The van der Waals surface area contributed by atoms with Crippen molar-refractivity contribution in [1.82, 2.24) is 14.8 Å². The molecule has 0 aliphatic heterocycles. The van der Waals surface area contributed by atoms with E-state index >= 15 is 0 Å². The van der Waals surface area contributed by atoms with E-state index in [-0.39, 0.29) is 5.96 Å². The van der Waals surface area contributed by atoms with Crippen LogP contribution in [-0.4, -0.2) is 20.7 Å². The van der Waals surface area contributed by atoms with E-state index in [1.54, 1.807) is 11.0 Å². The lowest BCUT2D eigenvalue weighted by molar-refractivity contribution is 0.613. The Labute approximate surface area is 99.0 Å². The third-order valence-electron chi connectivity index (χ3n) is 2.29. The lowest BCUT2D eigenvalue weighted by atomic mass is 10.1. The van der Waals surface area contributed by atoms with Gasteiger partial charge in [-0.3, -0.25) is 4.68 Å². The number of nitrogens with zero attached hydrogens (tertiary/aromatic N) is 4. The van der Waals surface area contributed by atoms with Crippen LogP contribution in [0.2, 0.25) is 0 Å². The Morgan fingerprint density at radius 2 is 2.00 bits per heavy atom. The van der Waals surface area contributed by atoms with Crippen LogP contribution < -0.4 is 11.5 Å². The molecule has 0 saturated heterocycles. The van der Waals surface area contributed by atoms with Gasteiger partial charge in [-0.2, -0.15) is 5.10 Å². The van der Waals surface area contributed by atoms with Gasteiger partial charge in [-0.1, -0.05) is 12.1 Å². The zero-order chi connectivity index (χ0) is 12.1.